The normalized spacial score (nSPS) is 20.1. The molecule has 1 aromatic rings. The quantitative estimate of drug-likeness (QED) is 0.310. The molecular formula is C18H26F3IN4O2. The molecule has 1 aliphatic rings. The number of primary amides is 1. The molecule has 1 aliphatic carbocycles. The molecule has 0 heterocycles. The minimum absolute atomic E-state index is 0. The lowest BCUT2D eigenvalue weighted by atomic mass is 9.85. The monoisotopic (exact) mass is 514 g/mol. The highest BCUT2D eigenvalue weighted by Crippen LogP contribution is 2.37. The Kier molecular flexibility index (Phi) is 9.83. The van der Waals surface area contributed by atoms with Gasteiger partial charge in [0, 0.05) is 19.6 Å². The van der Waals surface area contributed by atoms with Gasteiger partial charge in [-0.3, -0.25) is 9.79 Å². The van der Waals surface area contributed by atoms with Gasteiger partial charge in [0.15, 0.2) is 12.6 Å². The average molecular weight is 514 g/mol. The van der Waals surface area contributed by atoms with Crippen molar-refractivity contribution in [1.82, 2.24) is 10.6 Å². The van der Waals surface area contributed by atoms with Gasteiger partial charge >= 0.3 is 6.18 Å². The Bertz CT molecular complexity index is 670. The van der Waals surface area contributed by atoms with Gasteiger partial charge in [-0.1, -0.05) is 18.6 Å². The smallest absolute Gasteiger partial charge is 0.391 e. The Balaban J connectivity index is 0.00000392. The molecule has 6 nitrogen and oxygen atoms in total. The number of aliphatic imine (C=N–C) groups is 1. The van der Waals surface area contributed by atoms with E-state index in [4.69, 9.17) is 10.5 Å². The van der Waals surface area contributed by atoms with Gasteiger partial charge in [-0.15, -0.1) is 24.0 Å². The fourth-order valence-corrected chi connectivity index (χ4v) is 3.09. The third-order valence-electron chi connectivity index (χ3n) is 4.44. The highest BCUT2D eigenvalue weighted by molar-refractivity contribution is 14.0. The molecule has 1 fully saturated rings. The van der Waals surface area contributed by atoms with Gasteiger partial charge in [0.25, 0.3) is 5.91 Å². The van der Waals surface area contributed by atoms with Crippen LogP contribution >= 0.6 is 24.0 Å². The SMILES string of the molecule is CN=C(NCc1cccc(OCC(N)=O)c1)NC1CCCC(C(F)(F)F)C1.I. The minimum Gasteiger partial charge on any atom is -0.484 e. The van der Waals surface area contributed by atoms with E-state index in [2.05, 4.69) is 15.6 Å². The molecule has 10 heteroatoms. The summed E-state index contributed by atoms with van der Waals surface area (Å²) in [6.07, 6.45) is -2.68. The molecule has 0 spiro atoms. The standard InChI is InChI=1S/C18H25F3N4O2.HI/c1-23-17(25-14-6-3-5-13(9-14)18(19,20)21)24-10-12-4-2-7-15(8-12)27-11-16(22)26;/h2,4,7-8,13-14H,3,5-6,9-11H2,1H3,(H2,22,26)(H2,23,24,25);1H. The van der Waals surface area contributed by atoms with Crippen LogP contribution in [-0.2, 0) is 11.3 Å². The topological polar surface area (TPSA) is 88.7 Å². The van der Waals surface area contributed by atoms with E-state index in [9.17, 15) is 18.0 Å². The zero-order valence-corrected chi connectivity index (χ0v) is 17.9. The number of hydrogen-bond acceptors (Lipinski definition) is 3. The molecule has 158 valence electrons. The number of nitrogens with two attached hydrogens (primary N) is 1. The number of benzene rings is 1. The molecule has 28 heavy (non-hydrogen) atoms. The van der Waals surface area contributed by atoms with Crippen LogP contribution in [-0.4, -0.2) is 37.7 Å². The Morgan fingerprint density at radius 2 is 2.11 bits per heavy atom. The van der Waals surface area contributed by atoms with Crippen LogP contribution in [0.4, 0.5) is 13.2 Å². The van der Waals surface area contributed by atoms with Crippen LogP contribution in [0.5, 0.6) is 5.75 Å². The lowest BCUT2D eigenvalue weighted by Crippen LogP contribution is -2.46. The van der Waals surface area contributed by atoms with Gasteiger partial charge in [-0.2, -0.15) is 13.2 Å². The first-order valence-electron chi connectivity index (χ1n) is 8.82. The van der Waals surface area contributed by atoms with Crippen molar-refractivity contribution in [2.45, 2.75) is 44.4 Å². The predicted molar refractivity (Wildman–Crippen MR) is 112 cm³/mol. The van der Waals surface area contributed by atoms with E-state index >= 15 is 0 Å². The van der Waals surface area contributed by atoms with Gasteiger partial charge in [-0.05, 0) is 37.0 Å². The number of nitrogens with zero attached hydrogens (tertiary/aromatic N) is 1. The van der Waals surface area contributed by atoms with E-state index in [1.165, 1.54) is 0 Å². The van der Waals surface area contributed by atoms with Crippen molar-refractivity contribution in [3.8, 4) is 5.75 Å². The summed E-state index contributed by atoms with van der Waals surface area (Å²) >= 11 is 0. The molecule has 1 aromatic carbocycles. The molecule has 0 saturated heterocycles. The van der Waals surface area contributed by atoms with Crippen molar-refractivity contribution < 1.29 is 22.7 Å². The highest BCUT2D eigenvalue weighted by atomic mass is 127. The lowest BCUT2D eigenvalue weighted by molar-refractivity contribution is -0.183. The summed E-state index contributed by atoms with van der Waals surface area (Å²) in [5, 5.41) is 6.17. The van der Waals surface area contributed by atoms with E-state index < -0.39 is 18.0 Å². The van der Waals surface area contributed by atoms with Crippen molar-refractivity contribution in [2.24, 2.45) is 16.6 Å². The minimum atomic E-state index is -4.15. The fourth-order valence-electron chi connectivity index (χ4n) is 3.09. The molecule has 2 rings (SSSR count). The van der Waals surface area contributed by atoms with E-state index in [0.29, 0.717) is 31.1 Å². The third-order valence-corrected chi connectivity index (χ3v) is 4.44. The number of alkyl halides is 3. The van der Waals surface area contributed by atoms with Crippen LogP contribution in [0.1, 0.15) is 31.2 Å². The number of carbonyl (C=O) groups is 1. The third kappa shape index (κ3) is 8.11. The first-order valence-corrected chi connectivity index (χ1v) is 8.82. The van der Waals surface area contributed by atoms with Crippen molar-refractivity contribution >= 4 is 35.8 Å². The Morgan fingerprint density at radius 1 is 1.36 bits per heavy atom. The van der Waals surface area contributed by atoms with Crippen molar-refractivity contribution in [3.05, 3.63) is 29.8 Å². The summed E-state index contributed by atoms with van der Waals surface area (Å²) in [5.74, 6) is -0.864. The van der Waals surface area contributed by atoms with Gasteiger partial charge in [0.1, 0.15) is 5.75 Å². The Morgan fingerprint density at radius 3 is 2.75 bits per heavy atom. The van der Waals surface area contributed by atoms with E-state index in [-0.39, 0.29) is 49.5 Å². The summed E-state index contributed by atoms with van der Waals surface area (Å²) < 4.78 is 44.1. The van der Waals surface area contributed by atoms with E-state index in [0.717, 1.165) is 5.56 Å². The molecule has 0 radical (unpaired) electrons. The van der Waals surface area contributed by atoms with Crippen LogP contribution < -0.4 is 21.1 Å². The molecule has 2 unspecified atom stereocenters. The molecule has 0 aliphatic heterocycles. The first kappa shape index (κ1) is 24.3. The molecule has 0 bridgehead atoms. The van der Waals surface area contributed by atoms with Crippen molar-refractivity contribution in [1.29, 1.82) is 0 Å². The maximum absolute atomic E-state index is 12.9. The maximum atomic E-state index is 12.9. The summed E-state index contributed by atoms with van der Waals surface area (Å²) in [5.41, 5.74) is 5.92. The second-order valence-electron chi connectivity index (χ2n) is 6.57. The van der Waals surface area contributed by atoms with Crippen LogP contribution in [0.3, 0.4) is 0 Å². The van der Waals surface area contributed by atoms with Crippen molar-refractivity contribution in [3.63, 3.8) is 0 Å². The predicted octanol–water partition coefficient (Wildman–Crippen LogP) is 2.95. The second kappa shape index (κ2) is 11.3. The molecule has 4 N–H and O–H groups in total. The molecule has 0 aromatic heterocycles. The number of guanidine groups is 1. The first-order chi connectivity index (χ1) is 12.8. The Hall–Kier alpha value is -1.72. The number of nitrogens with one attached hydrogen (secondary N) is 2. The van der Waals surface area contributed by atoms with E-state index in [1.807, 2.05) is 6.07 Å². The Labute approximate surface area is 179 Å². The summed E-state index contributed by atoms with van der Waals surface area (Å²) in [6, 6.07) is 6.83. The number of halogens is 4. The fraction of sp³-hybridized carbons (Fsp3) is 0.556. The number of ether oxygens (including phenoxy) is 1. The van der Waals surface area contributed by atoms with Gasteiger partial charge in [-0.25, -0.2) is 0 Å². The highest BCUT2D eigenvalue weighted by Gasteiger charge is 2.42. The summed E-state index contributed by atoms with van der Waals surface area (Å²) in [4.78, 5) is 14.9. The summed E-state index contributed by atoms with van der Waals surface area (Å²) in [6.45, 7) is 0.199. The number of amides is 1. The van der Waals surface area contributed by atoms with Gasteiger partial charge < -0.3 is 21.1 Å². The molecular weight excluding hydrogens is 488 g/mol. The zero-order chi connectivity index (χ0) is 19.9. The molecule has 2 atom stereocenters. The van der Waals surface area contributed by atoms with Crippen LogP contribution in [0.25, 0.3) is 0 Å². The van der Waals surface area contributed by atoms with Crippen molar-refractivity contribution in [2.75, 3.05) is 13.7 Å². The van der Waals surface area contributed by atoms with Gasteiger partial charge in [0.05, 0.1) is 5.92 Å². The second-order valence-corrected chi connectivity index (χ2v) is 6.57. The maximum Gasteiger partial charge on any atom is 0.391 e. The van der Waals surface area contributed by atoms with Crippen LogP contribution in [0, 0.1) is 5.92 Å². The molecule has 1 saturated carbocycles. The number of carbonyl (C=O) groups excluding carboxylic acids is 1. The lowest BCUT2D eigenvalue weighted by Gasteiger charge is -2.31. The summed E-state index contributed by atoms with van der Waals surface area (Å²) in [7, 11) is 1.58. The van der Waals surface area contributed by atoms with Gasteiger partial charge in [0.2, 0.25) is 0 Å². The number of rotatable bonds is 6. The van der Waals surface area contributed by atoms with E-state index in [1.54, 1.807) is 25.2 Å². The zero-order valence-electron chi connectivity index (χ0n) is 15.6. The number of hydrogen-bond donors (Lipinski definition) is 3. The van der Waals surface area contributed by atoms with Crippen LogP contribution in [0.2, 0.25) is 0 Å². The molecule has 1 amide bonds. The average Bonchev–Trinajstić information content (AvgIpc) is 2.63. The van der Waals surface area contributed by atoms with Crippen LogP contribution in [0.15, 0.2) is 29.3 Å². The largest absolute Gasteiger partial charge is 0.484 e.